The van der Waals surface area contributed by atoms with Gasteiger partial charge in [0.1, 0.15) is 12.4 Å². The Morgan fingerprint density at radius 3 is 2.38 bits per heavy atom. The molecule has 0 aliphatic heterocycles. The average molecular weight is 395 g/mol. The van der Waals surface area contributed by atoms with E-state index in [0.29, 0.717) is 46.9 Å². The van der Waals surface area contributed by atoms with Gasteiger partial charge in [-0.25, -0.2) is 4.98 Å². The summed E-state index contributed by atoms with van der Waals surface area (Å²) in [6, 6.07) is 12.5. The Bertz CT molecular complexity index is 1090. The van der Waals surface area contributed by atoms with Crippen molar-refractivity contribution in [2.24, 2.45) is 0 Å². The predicted octanol–water partition coefficient (Wildman–Crippen LogP) is 2.95. The van der Waals surface area contributed by atoms with Crippen molar-refractivity contribution >= 4 is 16.8 Å². The molecule has 152 valence electrons. The van der Waals surface area contributed by atoms with Gasteiger partial charge in [0, 0.05) is 18.7 Å². The van der Waals surface area contributed by atoms with Crippen molar-refractivity contribution in [3.05, 3.63) is 52.8 Å². The van der Waals surface area contributed by atoms with E-state index in [1.165, 1.54) is 4.57 Å². The summed E-state index contributed by atoms with van der Waals surface area (Å²) in [5.74, 6) is 1.38. The number of methoxy groups -OCH3 is 2. The topological polar surface area (TPSA) is 73.7 Å². The van der Waals surface area contributed by atoms with E-state index in [1.807, 2.05) is 19.9 Å². The summed E-state index contributed by atoms with van der Waals surface area (Å²) in [7, 11) is 3.11. The highest BCUT2D eigenvalue weighted by Gasteiger charge is 2.19. The van der Waals surface area contributed by atoms with Gasteiger partial charge < -0.3 is 14.4 Å². The van der Waals surface area contributed by atoms with Gasteiger partial charge in [0.15, 0.2) is 11.5 Å². The molecular weight excluding hydrogens is 370 g/mol. The van der Waals surface area contributed by atoms with E-state index in [2.05, 4.69) is 0 Å². The van der Waals surface area contributed by atoms with Crippen LogP contribution in [0.3, 0.4) is 0 Å². The monoisotopic (exact) mass is 395 g/mol. The van der Waals surface area contributed by atoms with Crippen LogP contribution in [0.5, 0.6) is 11.5 Å². The van der Waals surface area contributed by atoms with Crippen LogP contribution in [0.15, 0.2) is 47.3 Å². The van der Waals surface area contributed by atoms with Crippen LogP contribution in [0.2, 0.25) is 0 Å². The third kappa shape index (κ3) is 3.94. The number of carbonyl (C=O) groups excluding carboxylic acids is 1. The maximum Gasteiger partial charge on any atom is 0.262 e. The van der Waals surface area contributed by atoms with Gasteiger partial charge in [-0.1, -0.05) is 12.1 Å². The molecule has 1 amide bonds. The molecule has 0 unspecified atom stereocenters. The second kappa shape index (κ2) is 8.77. The zero-order valence-corrected chi connectivity index (χ0v) is 17.1. The van der Waals surface area contributed by atoms with Crippen LogP contribution in [0.1, 0.15) is 13.8 Å². The zero-order chi connectivity index (χ0) is 21.0. The number of rotatable bonds is 7. The van der Waals surface area contributed by atoms with Crippen molar-refractivity contribution in [1.82, 2.24) is 14.5 Å². The fourth-order valence-corrected chi connectivity index (χ4v) is 3.32. The lowest BCUT2D eigenvalue weighted by molar-refractivity contribution is -0.131. The molecule has 3 aromatic rings. The van der Waals surface area contributed by atoms with Gasteiger partial charge in [0.05, 0.1) is 25.1 Å². The van der Waals surface area contributed by atoms with Crippen molar-refractivity contribution in [1.29, 1.82) is 0 Å². The zero-order valence-electron chi connectivity index (χ0n) is 17.1. The number of benzene rings is 2. The van der Waals surface area contributed by atoms with E-state index in [4.69, 9.17) is 14.5 Å². The minimum absolute atomic E-state index is 0.0813. The Hall–Kier alpha value is -3.35. The summed E-state index contributed by atoms with van der Waals surface area (Å²) >= 11 is 0. The lowest BCUT2D eigenvalue weighted by atomic mass is 10.1. The predicted molar refractivity (Wildman–Crippen MR) is 112 cm³/mol. The van der Waals surface area contributed by atoms with Crippen molar-refractivity contribution in [2.75, 3.05) is 27.3 Å². The number of amides is 1. The molecule has 0 fully saturated rings. The van der Waals surface area contributed by atoms with E-state index >= 15 is 0 Å². The van der Waals surface area contributed by atoms with Crippen molar-refractivity contribution in [3.63, 3.8) is 0 Å². The van der Waals surface area contributed by atoms with Crippen LogP contribution >= 0.6 is 0 Å². The molecular formula is C22H25N3O4. The molecule has 7 nitrogen and oxygen atoms in total. The van der Waals surface area contributed by atoms with Gasteiger partial charge in [-0.3, -0.25) is 14.2 Å². The number of aromatic nitrogens is 2. The highest BCUT2D eigenvalue weighted by Crippen LogP contribution is 2.31. The largest absolute Gasteiger partial charge is 0.493 e. The molecule has 7 heteroatoms. The number of para-hydroxylation sites is 1. The first-order chi connectivity index (χ1) is 14.0. The number of likely N-dealkylation sites (N-methyl/N-ethyl adjacent to an activating group) is 1. The van der Waals surface area contributed by atoms with Crippen LogP contribution in [0, 0.1) is 0 Å². The summed E-state index contributed by atoms with van der Waals surface area (Å²) in [5.41, 5.74) is 0.993. The molecule has 0 bridgehead atoms. The van der Waals surface area contributed by atoms with Crippen LogP contribution in [-0.4, -0.2) is 47.7 Å². The first-order valence-electron chi connectivity index (χ1n) is 9.53. The Labute approximate surface area is 169 Å². The van der Waals surface area contributed by atoms with Gasteiger partial charge in [-0.2, -0.15) is 0 Å². The lowest BCUT2D eigenvalue weighted by Gasteiger charge is -2.21. The first kappa shape index (κ1) is 20.4. The van der Waals surface area contributed by atoms with Crippen LogP contribution in [-0.2, 0) is 11.3 Å². The van der Waals surface area contributed by atoms with E-state index in [0.717, 1.165) is 0 Å². The number of hydrogen-bond acceptors (Lipinski definition) is 5. The van der Waals surface area contributed by atoms with Crippen molar-refractivity contribution < 1.29 is 14.3 Å². The Kier molecular flexibility index (Phi) is 6.16. The standard InChI is InChI=1S/C22H25N3O4/c1-5-24(6-2)20(26)14-25-21(15-11-12-18(28-3)19(13-15)29-4)23-17-10-8-7-9-16(17)22(25)27/h7-13H,5-6,14H2,1-4H3. The summed E-state index contributed by atoms with van der Waals surface area (Å²) < 4.78 is 12.1. The number of hydrogen-bond donors (Lipinski definition) is 0. The Balaban J connectivity index is 2.22. The molecule has 0 aliphatic rings. The third-order valence-corrected chi connectivity index (χ3v) is 4.91. The Morgan fingerprint density at radius 2 is 1.72 bits per heavy atom. The Morgan fingerprint density at radius 1 is 1.03 bits per heavy atom. The second-order valence-corrected chi connectivity index (χ2v) is 6.48. The molecule has 0 saturated carbocycles. The minimum atomic E-state index is -0.249. The summed E-state index contributed by atoms with van der Waals surface area (Å²) in [6.45, 7) is 4.91. The highest BCUT2D eigenvalue weighted by molar-refractivity contribution is 5.82. The van der Waals surface area contributed by atoms with Gasteiger partial charge in [-0.15, -0.1) is 0 Å². The molecule has 2 aromatic carbocycles. The summed E-state index contributed by atoms with van der Waals surface area (Å²) in [4.78, 5) is 32.4. The molecule has 0 spiro atoms. The quantitative estimate of drug-likeness (QED) is 0.615. The molecule has 1 aromatic heterocycles. The van der Waals surface area contributed by atoms with Crippen LogP contribution in [0.25, 0.3) is 22.3 Å². The molecule has 1 heterocycles. The highest BCUT2D eigenvalue weighted by atomic mass is 16.5. The van der Waals surface area contributed by atoms with E-state index in [1.54, 1.807) is 55.5 Å². The van der Waals surface area contributed by atoms with Gasteiger partial charge >= 0.3 is 0 Å². The van der Waals surface area contributed by atoms with E-state index in [9.17, 15) is 9.59 Å². The van der Waals surface area contributed by atoms with Crippen molar-refractivity contribution in [3.8, 4) is 22.9 Å². The molecule has 3 rings (SSSR count). The second-order valence-electron chi connectivity index (χ2n) is 6.48. The normalized spacial score (nSPS) is 10.8. The maximum absolute atomic E-state index is 13.2. The lowest BCUT2D eigenvalue weighted by Crippen LogP contribution is -2.37. The SMILES string of the molecule is CCN(CC)C(=O)Cn1c(-c2ccc(OC)c(OC)c2)nc2ccccc2c1=O. The van der Waals surface area contributed by atoms with E-state index < -0.39 is 0 Å². The minimum Gasteiger partial charge on any atom is -0.493 e. The van der Waals surface area contributed by atoms with Crippen LogP contribution in [0.4, 0.5) is 0 Å². The van der Waals surface area contributed by atoms with Crippen LogP contribution < -0.4 is 15.0 Å². The molecule has 0 aliphatic carbocycles. The fraction of sp³-hybridized carbons (Fsp3) is 0.318. The van der Waals surface area contributed by atoms with Gasteiger partial charge in [-0.05, 0) is 44.2 Å². The average Bonchev–Trinajstić information content (AvgIpc) is 2.76. The molecule has 0 atom stereocenters. The maximum atomic E-state index is 13.2. The number of nitrogens with zero attached hydrogens (tertiary/aromatic N) is 3. The summed E-state index contributed by atoms with van der Waals surface area (Å²) in [6.07, 6.45) is 0. The molecule has 0 N–H and O–H groups in total. The number of ether oxygens (including phenoxy) is 2. The fourth-order valence-electron chi connectivity index (χ4n) is 3.32. The number of carbonyl (C=O) groups is 1. The summed E-state index contributed by atoms with van der Waals surface area (Å²) in [5, 5.41) is 0.476. The van der Waals surface area contributed by atoms with Gasteiger partial charge in [0.2, 0.25) is 5.91 Å². The van der Waals surface area contributed by atoms with Gasteiger partial charge in [0.25, 0.3) is 5.56 Å². The third-order valence-electron chi connectivity index (χ3n) is 4.91. The molecule has 0 saturated heterocycles. The molecule has 29 heavy (non-hydrogen) atoms. The smallest absolute Gasteiger partial charge is 0.262 e. The first-order valence-corrected chi connectivity index (χ1v) is 9.53. The van der Waals surface area contributed by atoms with E-state index in [-0.39, 0.29) is 18.0 Å². The van der Waals surface area contributed by atoms with Crippen molar-refractivity contribution in [2.45, 2.75) is 20.4 Å². The number of fused-ring (bicyclic) bond motifs is 1. The molecule has 0 radical (unpaired) electrons.